The highest BCUT2D eigenvalue weighted by molar-refractivity contribution is 5.94. The van der Waals surface area contributed by atoms with E-state index in [1.54, 1.807) is 19.2 Å². The van der Waals surface area contributed by atoms with Gasteiger partial charge in [0.1, 0.15) is 0 Å². The van der Waals surface area contributed by atoms with Crippen LogP contribution in [0, 0.1) is 0 Å². The molecule has 1 aliphatic carbocycles. The van der Waals surface area contributed by atoms with Crippen molar-refractivity contribution in [2.24, 2.45) is 18.5 Å². The number of nitrogens with one attached hydrogen (secondary N) is 1. The summed E-state index contributed by atoms with van der Waals surface area (Å²) in [5.41, 5.74) is 15.3. The van der Waals surface area contributed by atoms with Gasteiger partial charge in [0.05, 0.1) is 12.5 Å². The summed E-state index contributed by atoms with van der Waals surface area (Å²) >= 11 is 0. The lowest BCUT2D eigenvalue weighted by molar-refractivity contribution is 0.0991. The van der Waals surface area contributed by atoms with Crippen LogP contribution in [0.2, 0.25) is 0 Å². The van der Waals surface area contributed by atoms with E-state index in [0.29, 0.717) is 36.2 Å². The van der Waals surface area contributed by atoms with Crippen molar-refractivity contribution in [2.75, 3.05) is 7.05 Å². The number of fused-ring (bicyclic) bond motifs is 2. The average Bonchev–Trinajstić information content (AvgIpc) is 3.16. The van der Waals surface area contributed by atoms with Gasteiger partial charge in [0.15, 0.2) is 5.82 Å². The second-order valence-corrected chi connectivity index (χ2v) is 8.37. The van der Waals surface area contributed by atoms with Crippen LogP contribution >= 0.6 is 0 Å². The summed E-state index contributed by atoms with van der Waals surface area (Å²) in [6, 6.07) is 11.2. The quantitative estimate of drug-likeness (QED) is 0.526. The average molecular weight is 434 g/mol. The molecule has 0 spiro atoms. The molecule has 32 heavy (non-hydrogen) atoms. The molecule has 0 bridgehead atoms. The Hall–Kier alpha value is -3.59. The minimum Gasteiger partial charge on any atom is -0.366 e. The highest BCUT2D eigenvalue weighted by Crippen LogP contribution is 2.46. The minimum absolute atomic E-state index is 0.101. The number of aryl methyl sites for hydroxylation is 3. The van der Waals surface area contributed by atoms with Gasteiger partial charge >= 0.3 is 0 Å². The van der Waals surface area contributed by atoms with Crippen molar-refractivity contribution in [1.29, 1.82) is 0 Å². The zero-order chi connectivity index (χ0) is 23.0. The summed E-state index contributed by atoms with van der Waals surface area (Å²) in [4.78, 5) is 25.2. The number of nitrogens with zero attached hydrogens (tertiary/aromatic N) is 4. The van der Waals surface area contributed by atoms with Crippen molar-refractivity contribution in [3.8, 4) is 0 Å². The number of carbonyl (C=O) groups excluding carboxylic acids is 2. The minimum atomic E-state index is -0.746. The van der Waals surface area contributed by atoms with E-state index in [9.17, 15) is 9.59 Å². The molecule has 0 radical (unpaired) electrons. The van der Waals surface area contributed by atoms with Crippen LogP contribution in [0.1, 0.15) is 62.1 Å². The van der Waals surface area contributed by atoms with Gasteiger partial charge in [-0.25, -0.2) is 0 Å². The molecule has 4 rings (SSSR count). The number of carbonyl (C=O) groups is 2. The van der Waals surface area contributed by atoms with E-state index in [-0.39, 0.29) is 6.04 Å². The maximum absolute atomic E-state index is 11.9. The number of aromatic nitrogens is 4. The third-order valence-corrected chi connectivity index (χ3v) is 6.36. The van der Waals surface area contributed by atoms with Crippen LogP contribution in [0.25, 0.3) is 0 Å². The van der Waals surface area contributed by atoms with Crippen molar-refractivity contribution in [1.82, 2.24) is 25.5 Å². The van der Waals surface area contributed by atoms with E-state index in [4.69, 9.17) is 11.5 Å². The third-order valence-electron chi connectivity index (χ3n) is 6.36. The van der Waals surface area contributed by atoms with E-state index in [0.717, 1.165) is 22.3 Å². The smallest absolute Gasteiger partial charge is 0.248 e. The Morgan fingerprint density at radius 1 is 1.06 bits per heavy atom. The number of hydrogen-bond acceptors (Lipinski definition) is 6. The highest BCUT2D eigenvalue weighted by Gasteiger charge is 2.45. The van der Waals surface area contributed by atoms with Crippen LogP contribution in [0.15, 0.2) is 36.4 Å². The molecule has 166 valence electrons. The number of tetrazole rings is 1. The molecule has 0 saturated carbocycles. The molecule has 9 nitrogen and oxygen atoms in total. The zero-order valence-corrected chi connectivity index (χ0v) is 18.4. The number of rotatable bonds is 6. The maximum atomic E-state index is 11.9. The molecule has 2 amide bonds. The number of hydrogen-bond donors (Lipinski definition) is 3. The fourth-order valence-corrected chi connectivity index (χ4v) is 4.72. The van der Waals surface area contributed by atoms with Crippen LogP contribution in [0.3, 0.4) is 0 Å². The second-order valence-electron chi connectivity index (χ2n) is 8.37. The fraction of sp³-hybridized carbons (Fsp3) is 0.348. The lowest BCUT2D eigenvalue weighted by Crippen LogP contribution is -2.39. The lowest BCUT2D eigenvalue weighted by Gasteiger charge is -2.36. The monoisotopic (exact) mass is 433 g/mol. The molecule has 5 N–H and O–H groups in total. The van der Waals surface area contributed by atoms with Crippen LogP contribution in [0.4, 0.5) is 0 Å². The molecule has 2 aromatic carbocycles. The van der Waals surface area contributed by atoms with Gasteiger partial charge < -0.3 is 16.8 Å². The van der Waals surface area contributed by atoms with E-state index >= 15 is 0 Å². The topological polar surface area (TPSA) is 142 Å². The highest BCUT2D eigenvalue weighted by atomic mass is 16.1. The summed E-state index contributed by atoms with van der Waals surface area (Å²) in [6.07, 6.45) is 1.98. The summed E-state index contributed by atoms with van der Waals surface area (Å²) in [5.74, 6) is -0.389. The van der Waals surface area contributed by atoms with Crippen LogP contribution < -0.4 is 16.8 Å². The van der Waals surface area contributed by atoms with Gasteiger partial charge in [-0.1, -0.05) is 12.1 Å². The Morgan fingerprint density at radius 2 is 1.59 bits per heavy atom. The molecule has 0 unspecified atom stereocenters. The van der Waals surface area contributed by atoms with Gasteiger partial charge in [-0.15, -0.1) is 10.2 Å². The molecular formula is C23H27N7O2. The van der Waals surface area contributed by atoms with Gasteiger partial charge in [0.25, 0.3) is 0 Å². The van der Waals surface area contributed by atoms with Gasteiger partial charge in [-0.05, 0) is 85.0 Å². The Labute approximate surface area is 186 Å². The van der Waals surface area contributed by atoms with Gasteiger partial charge in [0, 0.05) is 17.2 Å². The molecule has 1 atom stereocenters. The first-order valence-electron chi connectivity index (χ1n) is 10.5. The van der Waals surface area contributed by atoms with E-state index < -0.39 is 17.2 Å². The molecule has 0 saturated heterocycles. The fourth-order valence-electron chi connectivity index (χ4n) is 4.72. The Bertz CT molecular complexity index is 1140. The summed E-state index contributed by atoms with van der Waals surface area (Å²) < 4.78 is 0. The van der Waals surface area contributed by atoms with Crippen molar-refractivity contribution in [2.45, 2.75) is 37.6 Å². The van der Waals surface area contributed by atoms with E-state index in [2.05, 4.69) is 27.7 Å². The largest absolute Gasteiger partial charge is 0.366 e. The first-order chi connectivity index (χ1) is 15.3. The summed E-state index contributed by atoms with van der Waals surface area (Å²) in [7, 11) is 3.64. The predicted molar refractivity (Wildman–Crippen MR) is 119 cm³/mol. The first kappa shape index (κ1) is 21.6. The number of nitrogens with two attached hydrogens (primary N) is 2. The third kappa shape index (κ3) is 3.54. The molecule has 0 fully saturated rings. The normalized spacial score (nSPS) is 15.3. The van der Waals surface area contributed by atoms with Crippen molar-refractivity contribution in [3.05, 3.63) is 75.6 Å². The number of primary amides is 2. The Balaban J connectivity index is 2.08. The second kappa shape index (κ2) is 8.16. The van der Waals surface area contributed by atoms with Crippen molar-refractivity contribution < 1.29 is 9.59 Å². The van der Waals surface area contributed by atoms with E-state index in [1.807, 2.05) is 31.3 Å². The molecule has 0 aliphatic heterocycles. The van der Waals surface area contributed by atoms with Crippen molar-refractivity contribution in [3.63, 3.8) is 0 Å². The molecule has 3 aromatic rings. The zero-order valence-electron chi connectivity index (χ0n) is 18.4. The summed E-state index contributed by atoms with van der Waals surface area (Å²) in [6.45, 7) is 2.10. The lowest BCUT2D eigenvalue weighted by atomic mass is 9.68. The Kier molecular flexibility index (Phi) is 5.52. The van der Waals surface area contributed by atoms with Crippen molar-refractivity contribution >= 4 is 11.8 Å². The van der Waals surface area contributed by atoms with Crippen LogP contribution in [-0.2, 0) is 25.3 Å². The van der Waals surface area contributed by atoms with Gasteiger partial charge in [0.2, 0.25) is 11.8 Å². The molecular weight excluding hydrogens is 406 g/mol. The molecule has 9 heteroatoms. The number of amides is 2. The molecule has 1 heterocycles. The number of benzene rings is 2. The van der Waals surface area contributed by atoms with Gasteiger partial charge in [-0.3, -0.25) is 9.59 Å². The molecule has 1 aromatic heterocycles. The van der Waals surface area contributed by atoms with E-state index in [1.165, 1.54) is 4.80 Å². The summed E-state index contributed by atoms with van der Waals surface area (Å²) in [5, 5.41) is 16.5. The predicted octanol–water partition coefficient (Wildman–Crippen LogP) is 0.839. The van der Waals surface area contributed by atoms with Gasteiger partial charge in [-0.2, -0.15) is 4.80 Å². The van der Waals surface area contributed by atoms with Crippen LogP contribution in [0.5, 0.6) is 0 Å². The Morgan fingerprint density at radius 3 is 2.00 bits per heavy atom. The first-order valence-corrected chi connectivity index (χ1v) is 10.5. The maximum Gasteiger partial charge on any atom is 0.248 e. The van der Waals surface area contributed by atoms with Crippen LogP contribution in [-0.4, -0.2) is 45.1 Å². The molecule has 1 aliphatic rings. The SMILES string of the molecule is CN[C@H](C)CC1(c2nnn(C)n2)c2ccc(C(N)=O)cc2CCc2cc(C(N)=O)ccc21. The standard InChI is InChI=1S/C23H27N7O2/c1-13(26-2)12-23(22-27-29-30(3)28-22)18-8-6-16(20(24)31)10-14(18)4-5-15-11-17(21(25)32)7-9-19(15)23/h6-11,13,26H,4-5,12H2,1-3H3,(H2,24,31)(H2,25,32)/t13-/m1/s1.